The molecule has 2 aromatic heterocycles. The van der Waals surface area contributed by atoms with E-state index < -0.39 is 5.95 Å². The number of rotatable bonds is 4. The van der Waals surface area contributed by atoms with Gasteiger partial charge in [-0.1, -0.05) is 6.07 Å². The molecule has 2 fully saturated rings. The summed E-state index contributed by atoms with van der Waals surface area (Å²) in [5.74, 6) is 1.88. The number of piperidine rings is 1. The van der Waals surface area contributed by atoms with Crippen LogP contribution in [0.5, 0.6) is 0 Å². The number of carbonyl (C=O) groups is 1. The molecule has 1 amide bonds. The Kier molecular flexibility index (Phi) is 5.88. The van der Waals surface area contributed by atoms with E-state index in [2.05, 4.69) is 14.9 Å². The molecule has 1 unspecified atom stereocenters. The van der Waals surface area contributed by atoms with Crippen LogP contribution in [0, 0.1) is 17.8 Å². The number of amides is 1. The van der Waals surface area contributed by atoms with E-state index in [1.165, 1.54) is 12.5 Å². The molecule has 2 saturated heterocycles. The topological polar surface area (TPSA) is 54.3 Å². The minimum absolute atomic E-state index is 0.181. The summed E-state index contributed by atoms with van der Waals surface area (Å²) in [4.78, 5) is 24.7. The standard InChI is InChI=1S/C21H28FN5O/c22-19-4-1-5-20(24-19)26-10-2-3-17(6-11-26)18-7-12-27(13-8-18)21(28)15-25-14-9-23-16-25/h1,4-5,9,14,16-18H,2-3,6-8,10-13,15H2. The number of halogens is 1. The summed E-state index contributed by atoms with van der Waals surface area (Å²) < 4.78 is 15.3. The van der Waals surface area contributed by atoms with Gasteiger partial charge in [0.2, 0.25) is 11.9 Å². The average molecular weight is 385 g/mol. The molecule has 0 spiro atoms. The monoisotopic (exact) mass is 385 g/mol. The Balaban J connectivity index is 1.27. The molecule has 0 aromatic carbocycles. The number of hydrogen-bond acceptors (Lipinski definition) is 4. The molecule has 28 heavy (non-hydrogen) atoms. The highest BCUT2D eigenvalue weighted by molar-refractivity contribution is 5.76. The number of hydrogen-bond donors (Lipinski definition) is 0. The zero-order chi connectivity index (χ0) is 19.3. The second-order valence-electron chi connectivity index (χ2n) is 7.95. The fourth-order valence-electron chi connectivity index (χ4n) is 4.65. The molecule has 7 heteroatoms. The van der Waals surface area contributed by atoms with Crippen molar-refractivity contribution in [3.63, 3.8) is 0 Å². The van der Waals surface area contributed by atoms with Crippen molar-refractivity contribution in [2.24, 2.45) is 11.8 Å². The predicted octanol–water partition coefficient (Wildman–Crippen LogP) is 2.96. The normalized spacial score (nSPS) is 21.5. The SMILES string of the molecule is O=C(Cn1ccnc1)N1CCC(C2CCCN(c3cccc(F)n3)CC2)CC1. The summed E-state index contributed by atoms with van der Waals surface area (Å²) in [5.41, 5.74) is 0. The molecule has 150 valence electrons. The molecular formula is C21H28FN5O. The van der Waals surface area contributed by atoms with Gasteiger partial charge in [-0.15, -0.1) is 0 Å². The third-order valence-electron chi connectivity index (χ3n) is 6.23. The second kappa shape index (κ2) is 8.71. The largest absolute Gasteiger partial charge is 0.357 e. The highest BCUT2D eigenvalue weighted by atomic mass is 19.1. The van der Waals surface area contributed by atoms with Crippen molar-refractivity contribution in [1.82, 2.24) is 19.4 Å². The zero-order valence-electron chi connectivity index (χ0n) is 16.2. The van der Waals surface area contributed by atoms with Gasteiger partial charge >= 0.3 is 0 Å². The van der Waals surface area contributed by atoms with E-state index in [0.29, 0.717) is 18.4 Å². The van der Waals surface area contributed by atoms with E-state index in [0.717, 1.165) is 57.7 Å². The van der Waals surface area contributed by atoms with Crippen molar-refractivity contribution in [1.29, 1.82) is 0 Å². The van der Waals surface area contributed by atoms with Gasteiger partial charge in [-0.2, -0.15) is 4.39 Å². The summed E-state index contributed by atoms with van der Waals surface area (Å²) in [6.07, 6.45) is 10.8. The predicted molar refractivity (Wildman–Crippen MR) is 105 cm³/mol. The van der Waals surface area contributed by atoms with E-state index in [4.69, 9.17) is 0 Å². The van der Waals surface area contributed by atoms with Gasteiger partial charge < -0.3 is 14.4 Å². The Morgan fingerprint density at radius 2 is 1.86 bits per heavy atom. The second-order valence-corrected chi connectivity index (χ2v) is 7.95. The molecule has 1 atom stereocenters. The smallest absolute Gasteiger partial charge is 0.242 e. The van der Waals surface area contributed by atoms with E-state index >= 15 is 0 Å². The van der Waals surface area contributed by atoms with Crippen molar-refractivity contribution in [2.45, 2.75) is 38.6 Å². The Hall–Kier alpha value is -2.44. The maximum Gasteiger partial charge on any atom is 0.242 e. The number of anilines is 1. The van der Waals surface area contributed by atoms with Gasteiger partial charge in [0.25, 0.3) is 0 Å². The Labute approximate surface area is 165 Å². The third-order valence-corrected chi connectivity index (χ3v) is 6.23. The van der Waals surface area contributed by atoms with Crippen molar-refractivity contribution in [3.05, 3.63) is 42.9 Å². The van der Waals surface area contributed by atoms with Crippen LogP contribution in [0.3, 0.4) is 0 Å². The lowest BCUT2D eigenvalue weighted by molar-refractivity contribution is -0.133. The Morgan fingerprint density at radius 3 is 2.61 bits per heavy atom. The average Bonchev–Trinajstić information content (AvgIpc) is 3.09. The van der Waals surface area contributed by atoms with Gasteiger partial charge in [0.1, 0.15) is 12.4 Å². The first-order valence-corrected chi connectivity index (χ1v) is 10.3. The third kappa shape index (κ3) is 4.51. The van der Waals surface area contributed by atoms with Crippen LogP contribution in [0.2, 0.25) is 0 Å². The summed E-state index contributed by atoms with van der Waals surface area (Å²) in [6.45, 7) is 3.95. The first-order valence-electron chi connectivity index (χ1n) is 10.3. The summed E-state index contributed by atoms with van der Waals surface area (Å²) in [6, 6.07) is 5.02. The summed E-state index contributed by atoms with van der Waals surface area (Å²) >= 11 is 0. The lowest BCUT2D eigenvalue weighted by Gasteiger charge is -2.36. The van der Waals surface area contributed by atoms with Crippen LogP contribution in [-0.2, 0) is 11.3 Å². The quantitative estimate of drug-likeness (QED) is 0.760. The molecule has 4 heterocycles. The van der Waals surface area contributed by atoms with Crippen molar-refractivity contribution >= 4 is 11.7 Å². The van der Waals surface area contributed by atoms with Gasteiger partial charge in [0.05, 0.1) is 6.33 Å². The molecule has 0 saturated carbocycles. The van der Waals surface area contributed by atoms with Crippen LogP contribution in [-0.4, -0.2) is 51.5 Å². The summed E-state index contributed by atoms with van der Waals surface area (Å²) in [7, 11) is 0. The molecule has 4 rings (SSSR count). The van der Waals surface area contributed by atoms with Gasteiger partial charge in [-0.3, -0.25) is 4.79 Å². The van der Waals surface area contributed by atoms with E-state index in [-0.39, 0.29) is 5.91 Å². The van der Waals surface area contributed by atoms with E-state index in [9.17, 15) is 9.18 Å². The first-order chi connectivity index (χ1) is 13.7. The summed E-state index contributed by atoms with van der Waals surface area (Å²) in [5, 5.41) is 0. The number of nitrogens with zero attached hydrogens (tertiary/aromatic N) is 5. The number of carbonyl (C=O) groups excluding carboxylic acids is 1. The van der Waals surface area contributed by atoms with Gasteiger partial charge in [0, 0.05) is 38.6 Å². The highest BCUT2D eigenvalue weighted by Crippen LogP contribution is 2.33. The number of imidazole rings is 1. The molecule has 6 nitrogen and oxygen atoms in total. The molecule has 2 aliphatic rings. The molecule has 0 bridgehead atoms. The van der Waals surface area contributed by atoms with Crippen molar-refractivity contribution in [3.8, 4) is 0 Å². The van der Waals surface area contributed by atoms with Gasteiger partial charge in [-0.25, -0.2) is 9.97 Å². The van der Waals surface area contributed by atoms with Crippen LogP contribution >= 0.6 is 0 Å². The minimum atomic E-state index is -0.411. The number of likely N-dealkylation sites (tertiary alicyclic amines) is 1. The number of pyridine rings is 1. The fraction of sp³-hybridized carbons (Fsp3) is 0.571. The molecular weight excluding hydrogens is 357 g/mol. The number of aromatic nitrogens is 3. The van der Waals surface area contributed by atoms with Crippen LogP contribution in [0.15, 0.2) is 36.9 Å². The van der Waals surface area contributed by atoms with Gasteiger partial charge in [-0.05, 0) is 56.1 Å². The minimum Gasteiger partial charge on any atom is -0.357 e. The highest BCUT2D eigenvalue weighted by Gasteiger charge is 2.30. The lowest BCUT2D eigenvalue weighted by Crippen LogP contribution is -2.41. The van der Waals surface area contributed by atoms with Crippen LogP contribution in [0.25, 0.3) is 0 Å². The van der Waals surface area contributed by atoms with Crippen LogP contribution in [0.1, 0.15) is 32.1 Å². The lowest BCUT2D eigenvalue weighted by atomic mass is 9.80. The van der Waals surface area contributed by atoms with Gasteiger partial charge in [0.15, 0.2) is 0 Å². The maximum atomic E-state index is 13.4. The molecule has 0 N–H and O–H groups in total. The molecule has 2 aromatic rings. The Bertz CT molecular complexity index is 773. The van der Waals surface area contributed by atoms with Crippen LogP contribution in [0.4, 0.5) is 10.2 Å². The first kappa shape index (κ1) is 18.9. The fourth-order valence-corrected chi connectivity index (χ4v) is 4.65. The van der Waals surface area contributed by atoms with E-state index in [1.54, 1.807) is 18.6 Å². The molecule has 0 aliphatic carbocycles. The maximum absolute atomic E-state index is 13.4. The Morgan fingerprint density at radius 1 is 1.07 bits per heavy atom. The van der Waals surface area contributed by atoms with Crippen molar-refractivity contribution < 1.29 is 9.18 Å². The molecule has 2 aliphatic heterocycles. The zero-order valence-corrected chi connectivity index (χ0v) is 16.2. The van der Waals surface area contributed by atoms with Crippen LogP contribution < -0.4 is 4.90 Å². The van der Waals surface area contributed by atoms with Crippen molar-refractivity contribution in [2.75, 3.05) is 31.1 Å². The molecule has 0 radical (unpaired) electrons. The van der Waals surface area contributed by atoms with E-state index in [1.807, 2.05) is 21.7 Å².